The molecular formula is C11H18O5. The molecule has 1 heterocycles. The van der Waals surface area contributed by atoms with Crippen LogP contribution in [-0.4, -0.2) is 29.9 Å². The van der Waals surface area contributed by atoms with E-state index in [1.807, 2.05) is 0 Å². The quantitative estimate of drug-likeness (QED) is 0.438. The second kappa shape index (κ2) is 8.91. The topological polar surface area (TPSA) is 72.8 Å². The first-order chi connectivity index (χ1) is 7.56. The minimum Gasteiger partial charge on any atom is -0.466 e. The van der Waals surface area contributed by atoms with Crippen molar-refractivity contribution in [3.63, 3.8) is 0 Å². The smallest absolute Gasteiger partial charge is 0.332 e. The molecule has 5 heteroatoms. The van der Waals surface area contributed by atoms with Crippen LogP contribution in [0.2, 0.25) is 0 Å². The lowest BCUT2D eigenvalue weighted by molar-refractivity contribution is -0.158. The molecule has 0 radical (unpaired) electrons. The molecule has 1 atom stereocenters. The second-order valence-corrected chi connectivity index (χ2v) is 3.27. The van der Waals surface area contributed by atoms with E-state index >= 15 is 0 Å². The van der Waals surface area contributed by atoms with Crippen molar-refractivity contribution in [2.45, 2.75) is 38.9 Å². The van der Waals surface area contributed by atoms with Gasteiger partial charge in [-0.15, -0.1) is 0 Å². The molecule has 1 fully saturated rings. The summed E-state index contributed by atoms with van der Waals surface area (Å²) < 4.78 is 8.96. The zero-order valence-corrected chi connectivity index (χ0v) is 9.48. The van der Waals surface area contributed by atoms with Gasteiger partial charge in [0.25, 0.3) is 0 Å². The van der Waals surface area contributed by atoms with E-state index in [1.54, 1.807) is 0 Å². The summed E-state index contributed by atoms with van der Waals surface area (Å²) in [7, 11) is 0. The maximum atomic E-state index is 10.5. The van der Waals surface area contributed by atoms with Crippen molar-refractivity contribution in [2.24, 2.45) is 0 Å². The van der Waals surface area contributed by atoms with Crippen LogP contribution in [0.4, 0.5) is 0 Å². The Morgan fingerprint density at radius 1 is 1.56 bits per heavy atom. The van der Waals surface area contributed by atoms with Crippen molar-refractivity contribution in [3.8, 4) is 0 Å². The van der Waals surface area contributed by atoms with E-state index in [4.69, 9.17) is 9.84 Å². The molecule has 0 amide bonds. The molecule has 0 bridgehead atoms. The summed E-state index contributed by atoms with van der Waals surface area (Å²) in [6.45, 7) is 5.11. The van der Waals surface area contributed by atoms with Crippen molar-refractivity contribution >= 4 is 11.9 Å². The number of carbonyl (C=O) groups is 2. The monoisotopic (exact) mass is 230 g/mol. The Hall–Kier alpha value is -1.36. The number of esters is 2. The van der Waals surface area contributed by atoms with Gasteiger partial charge < -0.3 is 14.6 Å². The Balaban J connectivity index is 0.000000281. The van der Waals surface area contributed by atoms with E-state index in [-0.39, 0.29) is 5.97 Å². The number of rotatable bonds is 2. The van der Waals surface area contributed by atoms with Crippen molar-refractivity contribution in [3.05, 3.63) is 12.7 Å². The maximum absolute atomic E-state index is 10.5. The summed E-state index contributed by atoms with van der Waals surface area (Å²) in [6, 6.07) is 0. The van der Waals surface area contributed by atoms with Crippen LogP contribution in [0.15, 0.2) is 12.7 Å². The van der Waals surface area contributed by atoms with Crippen LogP contribution in [0.5, 0.6) is 0 Å². The Labute approximate surface area is 95.0 Å². The lowest BCUT2D eigenvalue weighted by Gasteiger charge is -2.01. The lowest BCUT2D eigenvalue weighted by atomic mass is 10.2. The molecule has 5 nitrogen and oxygen atoms in total. The summed E-state index contributed by atoms with van der Waals surface area (Å²) in [4.78, 5) is 20.6. The van der Waals surface area contributed by atoms with Crippen LogP contribution in [-0.2, 0) is 19.1 Å². The van der Waals surface area contributed by atoms with Gasteiger partial charge in [-0.25, -0.2) is 4.79 Å². The molecule has 0 aromatic carbocycles. The molecule has 1 aliphatic rings. The van der Waals surface area contributed by atoms with E-state index in [0.29, 0.717) is 13.0 Å². The number of aliphatic hydroxyl groups excluding tert-OH is 1. The van der Waals surface area contributed by atoms with Gasteiger partial charge in [0.05, 0.1) is 6.61 Å². The van der Waals surface area contributed by atoms with Gasteiger partial charge >= 0.3 is 11.9 Å². The van der Waals surface area contributed by atoms with Crippen LogP contribution in [0.3, 0.4) is 0 Å². The van der Waals surface area contributed by atoms with Crippen LogP contribution >= 0.6 is 0 Å². The van der Waals surface area contributed by atoms with E-state index < -0.39 is 12.3 Å². The minimum atomic E-state index is -1.04. The molecule has 0 aliphatic carbocycles. The van der Waals surface area contributed by atoms with Crippen LogP contribution in [0.1, 0.15) is 32.6 Å². The molecule has 0 saturated carbocycles. The molecule has 92 valence electrons. The van der Waals surface area contributed by atoms with E-state index in [2.05, 4.69) is 11.3 Å². The maximum Gasteiger partial charge on any atom is 0.332 e. The number of cyclic esters (lactones) is 1. The van der Waals surface area contributed by atoms with Gasteiger partial charge in [0.15, 0.2) is 6.29 Å². The third kappa shape index (κ3) is 9.21. The summed E-state index contributed by atoms with van der Waals surface area (Å²) in [6.07, 6.45) is 3.78. The first-order valence-electron chi connectivity index (χ1n) is 5.23. The highest BCUT2D eigenvalue weighted by atomic mass is 16.6. The molecule has 0 aromatic heterocycles. The standard InChI is InChI=1S/C6H10O2.C5H8O3/c7-6-4-2-1-3-5-8-6;1-3-5(7)8-4(2)6/h1-5H2;3-4,6H,1H2,2H3. The Morgan fingerprint density at radius 3 is 2.75 bits per heavy atom. The highest BCUT2D eigenvalue weighted by molar-refractivity contribution is 5.81. The van der Waals surface area contributed by atoms with Crippen LogP contribution in [0, 0.1) is 0 Å². The Kier molecular flexibility index (Phi) is 8.15. The average molecular weight is 230 g/mol. The number of hydrogen-bond donors (Lipinski definition) is 1. The fourth-order valence-electron chi connectivity index (χ4n) is 1.02. The second-order valence-electron chi connectivity index (χ2n) is 3.27. The summed E-state index contributed by atoms with van der Waals surface area (Å²) in [5, 5.41) is 8.36. The van der Waals surface area contributed by atoms with E-state index in [1.165, 1.54) is 6.92 Å². The number of ether oxygens (including phenoxy) is 2. The summed E-state index contributed by atoms with van der Waals surface area (Å²) >= 11 is 0. The molecular weight excluding hydrogens is 212 g/mol. The summed E-state index contributed by atoms with van der Waals surface area (Å²) in [5.74, 6) is -0.637. The van der Waals surface area contributed by atoms with Gasteiger partial charge in [-0.1, -0.05) is 6.58 Å². The normalized spacial score (nSPS) is 17.0. The van der Waals surface area contributed by atoms with Gasteiger partial charge in [0, 0.05) is 12.5 Å². The van der Waals surface area contributed by atoms with Crippen molar-refractivity contribution in [1.82, 2.24) is 0 Å². The zero-order chi connectivity index (χ0) is 12.4. The highest BCUT2D eigenvalue weighted by Crippen LogP contribution is 2.06. The van der Waals surface area contributed by atoms with Crippen molar-refractivity contribution < 1.29 is 24.2 Å². The third-order valence-electron chi connectivity index (χ3n) is 1.74. The first-order valence-corrected chi connectivity index (χ1v) is 5.23. The van der Waals surface area contributed by atoms with Gasteiger partial charge in [0.1, 0.15) is 0 Å². The SMILES string of the molecule is C=CC(=O)OC(C)O.O=C1CCCCCO1. The summed E-state index contributed by atoms with van der Waals surface area (Å²) in [5.41, 5.74) is 0. The Bertz CT molecular complexity index is 225. The predicted octanol–water partition coefficient (Wildman–Crippen LogP) is 1.16. The van der Waals surface area contributed by atoms with E-state index in [9.17, 15) is 9.59 Å². The number of hydrogen-bond acceptors (Lipinski definition) is 5. The highest BCUT2D eigenvalue weighted by Gasteiger charge is 2.05. The zero-order valence-electron chi connectivity index (χ0n) is 9.48. The van der Waals surface area contributed by atoms with Crippen LogP contribution < -0.4 is 0 Å². The molecule has 1 N–H and O–H groups in total. The van der Waals surface area contributed by atoms with Crippen LogP contribution in [0.25, 0.3) is 0 Å². The van der Waals surface area contributed by atoms with Crippen molar-refractivity contribution in [2.75, 3.05) is 6.61 Å². The van der Waals surface area contributed by atoms with Gasteiger partial charge in [-0.05, 0) is 26.2 Å². The van der Waals surface area contributed by atoms with Gasteiger partial charge in [-0.3, -0.25) is 4.79 Å². The van der Waals surface area contributed by atoms with Gasteiger partial charge in [-0.2, -0.15) is 0 Å². The fraction of sp³-hybridized carbons (Fsp3) is 0.636. The number of carbonyl (C=O) groups excluding carboxylic acids is 2. The first kappa shape index (κ1) is 14.6. The predicted molar refractivity (Wildman–Crippen MR) is 57.4 cm³/mol. The van der Waals surface area contributed by atoms with Gasteiger partial charge in [0.2, 0.25) is 0 Å². The molecule has 1 rings (SSSR count). The van der Waals surface area contributed by atoms with Crippen molar-refractivity contribution in [1.29, 1.82) is 0 Å². The average Bonchev–Trinajstić information content (AvgIpc) is 2.45. The lowest BCUT2D eigenvalue weighted by Crippen LogP contribution is -2.10. The molecule has 1 unspecified atom stereocenters. The largest absolute Gasteiger partial charge is 0.466 e. The Morgan fingerprint density at radius 2 is 2.25 bits per heavy atom. The molecule has 1 aliphatic heterocycles. The minimum absolute atomic E-state index is 0.0255. The molecule has 0 spiro atoms. The number of aliphatic hydroxyl groups is 1. The molecule has 0 aromatic rings. The van der Waals surface area contributed by atoms with E-state index in [0.717, 1.165) is 25.3 Å². The molecule has 16 heavy (non-hydrogen) atoms. The molecule has 1 saturated heterocycles. The fourth-order valence-corrected chi connectivity index (χ4v) is 1.02. The third-order valence-corrected chi connectivity index (χ3v) is 1.74.